The van der Waals surface area contributed by atoms with Crippen LogP contribution in [0.15, 0.2) is 72.8 Å². The Morgan fingerprint density at radius 3 is 2.37 bits per heavy atom. The van der Waals surface area contributed by atoms with E-state index in [2.05, 4.69) is 40.6 Å². The van der Waals surface area contributed by atoms with Gasteiger partial charge in [0, 0.05) is 31.7 Å². The van der Waals surface area contributed by atoms with Crippen LogP contribution < -0.4 is 19.5 Å². The molecule has 3 aromatic rings. The summed E-state index contributed by atoms with van der Waals surface area (Å²) >= 11 is 0. The van der Waals surface area contributed by atoms with Gasteiger partial charge in [0.05, 0.1) is 21.3 Å². The minimum Gasteiger partial charge on any atom is -0.497 e. The molecule has 0 atom stereocenters. The van der Waals surface area contributed by atoms with Crippen molar-refractivity contribution in [2.75, 3.05) is 34.4 Å². The summed E-state index contributed by atoms with van der Waals surface area (Å²) in [6, 6.07) is 21.6. The Kier molecular flexibility index (Phi) is 8.06. The number of ether oxygens (including phenoxy) is 3. The largest absolute Gasteiger partial charge is 0.497 e. The molecule has 6 nitrogen and oxygen atoms in total. The zero-order chi connectivity index (χ0) is 24.6. The summed E-state index contributed by atoms with van der Waals surface area (Å²) in [6.45, 7) is 3.22. The van der Waals surface area contributed by atoms with Crippen LogP contribution in [-0.4, -0.2) is 45.2 Å². The number of nitrogens with one attached hydrogen (secondary N) is 1. The molecule has 0 saturated carbocycles. The van der Waals surface area contributed by atoms with Gasteiger partial charge in [-0.3, -0.25) is 9.69 Å². The van der Waals surface area contributed by atoms with E-state index in [0.29, 0.717) is 12.1 Å². The number of carbonyl (C=O) groups is 1. The van der Waals surface area contributed by atoms with Gasteiger partial charge >= 0.3 is 0 Å². The summed E-state index contributed by atoms with van der Waals surface area (Å²) in [7, 11) is 4.92. The number of benzene rings is 3. The molecule has 0 aromatic heterocycles. The lowest BCUT2D eigenvalue weighted by Gasteiger charge is -2.27. The summed E-state index contributed by atoms with van der Waals surface area (Å²) in [5, 5.41) is 3.01. The van der Waals surface area contributed by atoms with E-state index in [0.717, 1.165) is 48.9 Å². The van der Waals surface area contributed by atoms with Crippen LogP contribution in [0, 0.1) is 0 Å². The van der Waals surface area contributed by atoms with Crippen molar-refractivity contribution >= 4 is 11.5 Å². The highest BCUT2D eigenvalue weighted by Crippen LogP contribution is 2.29. The molecule has 0 aliphatic carbocycles. The molecule has 35 heavy (non-hydrogen) atoms. The number of nitrogens with zero attached hydrogens (tertiary/aromatic N) is 1. The first kappa shape index (κ1) is 24.4. The van der Waals surface area contributed by atoms with Crippen LogP contribution in [0.1, 0.15) is 33.5 Å². The van der Waals surface area contributed by atoms with Crippen LogP contribution in [-0.2, 0) is 13.1 Å². The SMILES string of the molecule is COc1ccc(C(=O)NCc2cccc(C3=CCN(Cc4ccc(OC)c(OC)c4)CC3)c2)cc1. The Bertz CT molecular complexity index is 1190. The highest BCUT2D eigenvalue weighted by molar-refractivity contribution is 5.94. The maximum absolute atomic E-state index is 12.5. The van der Waals surface area contributed by atoms with E-state index in [9.17, 15) is 4.79 Å². The van der Waals surface area contributed by atoms with E-state index >= 15 is 0 Å². The van der Waals surface area contributed by atoms with Crippen molar-refractivity contribution in [2.45, 2.75) is 19.5 Å². The number of hydrogen-bond acceptors (Lipinski definition) is 5. The van der Waals surface area contributed by atoms with Gasteiger partial charge in [-0.15, -0.1) is 0 Å². The van der Waals surface area contributed by atoms with Gasteiger partial charge in [0.1, 0.15) is 5.75 Å². The zero-order valence-electron chi connectivity index (χ0n) is 20.5. The lowest BCUT2D eigenvalue weighted by molar-refractivity contribution is 0.0951. The fourth-order valence-corrected chi connectivity index (χ4v) is 4.26. The molecule has 0 fully saturated rings. The summed E-state index contributed by atoms with van der Waals surface area (Å²) in [4.78, 5) is 14.9. The van der Waals surface area contributed by atoms with Crippen LogP contribution in [0.5, 0.6) is 17.2 Å². The molecular formula is C29H32N2O4. The Morgan fingerprint density at radius 2 is 1.69 bits per heavy atom. The molecule has 6 heteroatoms. The lowest BCUT2D eigenvalue weighted by atomic mass is 9.97. The van der Waals surface area contributed by atoms with E-state index in [1.807, 2.05) is 18.2 Å². The molecule has 1 aliphatic rings. The molecule has 1 aliphatic heterocycles. The Labute approximate surface area is 207 Å². The van der Waals surface area contributed by atoms with Crippen molar-refractivity contribution in [3.05, 3.63) is 95.1 Å². The number of methoxy groups -OCH3 is 3. The van der Waals surface area contributed by atoms with Gasteiger partial charge in [0.25, 0.3) is 5.91 Å². The molecular weight excluding hydrogens is 440 g/mol. The molecule has 0 bridgehead atoms. The molecule has 3 aromatic carbocycles. The first-order valence-electron chi connectivity index (χ1n) is 11.7. The van der Waals surface area contributed by atoms with Crippen molar-refractivity contribution in [3.63, 3.8) is 0 Å². The number of amides is 1. The predicted octanol–water partition coefficient (Wildman–Crippen LogP) is 4.93. The molecule has 4 rings (SSSR count). The molecule has 1 N–H and O–H groups in total. The molecule has 0 radical (unpaired) electrons. The zero-order valence-corrected chi connectivity index (χ0v) is 20.5. The van der Waals surface area contributed by atoms with Gasteiger partial charge in [-0.05, 0) is 71.1 Å². The first-order chi connectivity index (χ1) is 17.1. The van der Waals surface area contributed by atoms with Crippen molar-refractivity contribution < 1.29 is 19.0 Å². The molecule has 1 amide bonds. The Morgan fingerprint density at radius 1 is 0.886 bits per heavy atom. The Balaban J connectivity index is 1.34. The minimum atomic E-state index is -0.0965. The third-order valence-corrected chi connectivity index (χ3v) is 6.25. The van der Waals surface area contributed by atoms with Crippen LogP contribution >= 0.6 is 0 Å². The fraction of sp³-hybridized carbons (Fsp3) is 0.276. The predicted molar refractivity (Wildman–Crippen MR) is 138 cm³/mol. The number of rotatable bonds is 9. The monoisotopic (exact) mass is 472 g/mol. The minimum absolute atomic E-state index is 0.0965. The maximum Gasteiger partial charge on any atom is 0.251 e. The van der Waals surface area contributed by atoms with Crippen LogP contribution in [0.3, 0.4) is 0 Å². The molecule has 1 heterocycles. The van der Waals surface area contributed by atoms with Crippen LogP contribution in [0.25, 0.3) is 5.57 Å². The van der Waals surface area contributed by atoms with E-state index in [1.165, 1.54) is 16.7 Å². The summed E-state index contributed by atoms with van der Waals surface area (Å²) in [6.07, 6.45) is 3.29. The maximum atomic E-state index is 12.5. The lowest BCUT2D eigenvalue weighted by Crippen LogP contribution is -2.28. The van der Waals surface area contributed by atoms with Crippen LogP contribution in [0.2, 0.25) is 0 Å². The highest BCUT2D eigenvalue weighted by Gasteiger charge is 2.15. The van der Waals surface area contributed by atoms with Crippen LogP contribution in [0.4, 0.5) is 0 Å². The smallest absolute Gasteiger partial charge is 0.251 e. The second-order valence-corrected chi connectivity index (χ2v) is 8.52. The standard InChI is InChI=1S/C29H32N2O4/c1-33-26-10-8-24(9-11-26)29(32)30-19-21-5-4-6-25(17-21)23-13-15-31(16-14-23)20-22-7-12-27(34-2)28(18-22)35-3/h4-13,17-18H,14-16,19-20H2,1-3H3,(H,30,32). The van der Waals surface area contributed by atoms with Gasteiger partial charge < -0.3 is 19.5 Å². The van der Waals surface area contributed by atoms with E-state index in [-0.39, 0.29) is 5.91 Å². The number of carbonyl (C=O) groups excluding carboxylic acids is 1. The van der Waals surface area contributed by atoms with Gasteiger partial charge in [-0.1, -0.05) is 30.3 Å². The van der Waals surface area contributed by atoms with Gasteiger partial charge in [-0.25, -0.2) is 0 Å². The van der Waals surface area contributed by atoms with Crippen molar-refractivity contribution in [1.29, 1.82) is 0 Å². The quantitative estimate of drug-likeness (QED) is 0.478. The van der Waals surface area contributed by atoms with Gasteiger partial charge in [-0.2, -0.15) is 0 Å². The molecule has 0 saturated heterocycles. The second-order valence-electron chi connectivity index (χ2n) is 8.52. The number of hydrogen-bond donors (Lipinski definition) is 1. The molecule has 182 valence electrons. The summed E-state index contributed by atoms with van der Waals surface area (Å²) < 4.78 is 15.9. The topological polar surface area (TPSA) is 60.0 Å². The normalized spacial score (nSPS) is 13.6. The van der Waals surface area contributed by atoms with Gasteiger partial charge in [0.2, 0.25) is 0 Å². The Hall–Kier alpha value is -3.77. The van der Waals surface area contributed by atoms with Crippen molar-refractivity contribution in [3.8, 4) is 17.2 Å². The third-order valence-electron chi connectivity index (χ3n) is 6.25. The third kappa shape index (κ3) is 6.22. The fourth-order valence-electron chi connectivity index (χ4n) is 4.26. The summed E-state index contributed by atoms with van der Waals surface area (Å²) in [5.41, 5.74) is 5.46. The first-order valence-corrected chi connectivity index (χ1v) is 11.7. The van der Waals surface area contributed by atoms with Gasteiger partial charge in [0.15, 0.2) is 11.5 Å². The average Bonchev–Trinajstić information content (AvgIpc) is 2.92. The van der Waals surface area contributed by atoms with Crippen molar-refractivity contribution in [1.82, 2.24) is 10.2 Å². The highest BCUT2D eigenvalue weighted by atomic mass is 16.5. The van der Waals surface area contributed by atoms with Crippen molar-refractivity contribution in [2.24, 2.45) is 0 Å². The van der Waals surface area contributed by atoms with E-state index in [4.69, 9.17) is 14.2 Å². The summed E-state index contributed by atoms with van der Waals surface area (Å²) in [5.74, 6) is 2.14. The second kappa shape index (κ2) is 11.6. The molecule has 0 unspecified atom stereocenters. The van der Waals surface area contributed by atoms with E-state index in [1.54, 1.807) is 45.6 Å². The molecule has 0 spiro atoms. The van der Waals surface area contributed by atoms with E-state index < -0.39 is 0 Å². The average molecular weight is 473 g/mol.